The molecule has 0 bridgehead atoms. The van der Waals surface area contributed by atoms with Crippen LogP contribution in [-0.2, 0) is 6.54 Å². The van der Waals surface area contributed by atoms with Crippen LogP contribution in [0.3, 0.4) is 0 Å². The van der Waals surface area contributed by atoms with Crippen molar-refractivity contribution in [3.05, 3.63) is 28.7 Å². The first-order chi connectivity index (χ1) is 9.63. The largest absolute Gasteiger partial charge is 0.309 e. The molecule has 0 aliphatic heterocycles. The maximum atomic E-state index is 4.81. The lowest BCUT2D eigenvalue weighted by atomic mass is 10.1. The quantitative estimate of drug-likeness (QED) is 0.917. The first-order valence-corrected chi connectivity index (χ1v) is 7.98. The predicted octanol–water partition coefficient (Wildman–Crippen LogP) is 3.28. The van der Waals surface area contributed by atoms with Gasteiger partial charge in [0.1, 0.15) is 16.5 Å². The smallest absolute Gasteiger partial charge is 0.142 e. The van der Waals surface area contributed by atoms with Crippen LogP contribution in [0.1, 0.15) is 49.0 Å². The standard InChI is InChI=1S/C15H20N4S/c1-9(2)14-13(8-17-11-4-5-11)20-15(19-14)12-6-7-16-10(3)18-12/h6-7,9,11,17H,4-5,8H2,1-3H3. The van der Waals surface area contributed by atoms with E-state index in [1.54, 1.807) is 17.5 Å². The van der Waals surface area contributed by atoms with Crippen LogP contribution in [0.4, 0.5) is 0 Å². The van der Waals surface area contributed by atoms with Gasteiger partial charge < -0.3 is 5.32 Å². The van der Waals surface area contributed by atoms with E-state index in [4.69, 9.17) is 4.98 Å². The maximum absolute atomic E-state index is 4.81. The zero-order chi connectivity index (χ0) is 14.1. The molecule has 1 fully saturated rings. The van der Waals surface area contributed by atoms with Gasteiger partial charge in [0.05, 0.1) is 5.69 Å². The van der Waals surface area contributed by atoms with Crippen molar-refractivity contribution in [3.63, 3.8) is 0 Å². The van der Waals surface area contributed by atoms with E-state index >= 15 is 0 Å². The molecule has 0 saturated heterocycles. The monoisotopic (exact) mass is 288 g/mol. The van der Waals surface area contributed by atoms with Crippen molar-refractivity contribution in [1.82, 2.24) is 20.3 Å². The van der Waals surface area contributed by atoms with Gasteiger partial charge in [0.15, 0.2) is 0 Å². The Balaban J connectivity index is 1.89. The molecule has 2 aromatic heterocycles. The van der Waals surface area contributed by atoms with Crippen LogP contribution >= 0.6 is 11.3 Å². The van der Waals surface area contributed by atoms with E-state index in [-0.39, 0.29) is 0 Å². The van der Waals surface area contributed by atoms with Crippen molar-refractivity contribution in [2.24, 2.45) is 0 Å². The summed E-state index contributed by atoms with van der Waals surface area (Å²) in [4.78, 5) is 14.8. The second kappa shape index (κ2) is 5.58. The minimum atomic E-state index is 0.443. The molecule has 0 amide bonds. The van der Waals surface area contributed by atoms with E-state index in [1.807, 2.05) is 13.0 Å². The lowest BCUT2D eigenvalue weighted by Gasteiger charge is -2.05. The molecule has 0 unspecified atom stereocenters. The molecule has 106 valence electrons. The third-order valence-corrected chi connectivity index (χ3v) is 4.49. The molecule has 3 rings (SSSR count). The summed E-state index contributed by atoms with van der Waals surface area (Å²) in [6.45, 7) is 7.24. The second-order valence-corrected chi connectivity index (χ2v) is 6.71. The van der Waals surface area contributed by atoms with Crippen LogP contribution in [0.5, 0.6) is 0 Å². The van der Waals surface area contributed by atoms with E-state index in [0.29, 0.717) is 5.92 Å². The Hall–Kier alpha value is -1.33. The van der Waals surface area contributed by atoms with E-state index in [1.165, 1.54) is 23.4 Å². The van der Waals surface area contributed by atoms with E-state index in [2.05, 4.69) is 29.1 Å². The van der Waals surface area contributed by atoms with Crippen LogP contribution in [0, 0.1) is 6.92 Å². The van der Waals surface area contributed by atoms with Gasteiger partial charge in [0.2, 0.25) is 0 Å². The summed E-state index contributed by atoms with van der Waals surface area (Å²) in [6.07, 6.45) is 4.43. The average molecular weight is 288 g/mol. The molecule has 2 heterocycles. The highest BCUT2D eigenvalue weighted by Crippen LogP contribution is 2.31. The minimum absolute atomic E-state index is 0.443. The molecule has 1 saturated carbocycles. The minimum Gasteiger partial charge on any atom is -0.309 e. The van der Waals surface area contributed by atoms with Crippen LogP contribution in [-0.4, -0.2) is 21.0 Å². The summed E-state index contributed by atoms with van der Waals surface area (Å²) in [5.74, 6) is 1.24. The van der Waals surface area contributed by atoms with Crippen LogP contribution in [0.15, 0.2) is 12.3 Å². The molecular formula is C15H20N4S. The Morgan fingerprint density at radius 3 is 2.80 bits per heavy atom. The van der Waals surface area contributed by atoms with Gasteiger partial charge in [0, 0.05) is 23.7 Å². The van der Waals surface area contributed by atoms with Gasteiger partial charge in [0.25, 0.3) is 0 Å². The van der Waals surface area contributed by atoms with Crippen LogP contribution in [0.25, 0.3) is 10.7 Å². The summed E-state index contributed by atoms with van der Waals surface area (Å²) >= 11 is 1.76. The Kier molecular flexibility index (Phi) is 3.81. The molecule has 0 aromatic carbocycles. The summed E-state index contributed by atoms with van der Waals surface area (Å²) < 4.78 is 0. The SMILES string of the molecule is Cc1nccc(-c2nc(C(C)C)c(CNC3CC3)s2)n1. The number of aromatic nitrogens is 3. The van der Waals surface area contributed by atoms with Crippen molar-refractivity contribution >= 4 is 11.3 Å². The average Bonchev–Trinajstić information content (AvgIpc) is 3.14. The van der Waals surface area contributed by atoms with E-state index in [9.17, 15) is 0 Å². The molecular weight excluding hydrogens is 268 g/mol. The summed E-state index contributed by atoms with van der Waals surface area (Å²) in [5.41, 5.74) is 2.14. The molecule has 0 atom stereocenters. The van der Waals surface area contributed by atoms with Gasteiger partial charge in [-0.25, -0.2) is 15.0 Å². The molecule has 5 heteroatoms. The van der Waals surface area contributed by atoms with Crippen LogP contribution < -0.4 is 5.32 Å². The van der Waals surface area contributed by atoms with Gasteiger partial charge >= 0.3 is 0 Å². The Labute approximate surface area is 123 Å². The fraction of sp³-hybridized carbons (Fsp3) is 0.533. The molecule has 20 heavy (non-hydrogen) atoms. The number of nitrogens with zero attached hydrogens (tertiary/aromatic N) is 3. The molecule has 4 nitrogen and oxygen atoms in total. The molecule has 1 aliphatic carbocycles. The van der Waals surface area contributed by atoms with Crippen molar-refractivity contribution in [3.8, 4) is 10.7 Å². The first-order valence-electron chi connectivity index (χ1n) is 7.16. The summed E-state index contributed by atoms with van der Waals surface area (Å²) in [5, 5.41) is 4.59. The maximum Gasteiger partial charge on any atom is 0.142 e. The van der Waals surface area contributed by atoms with Crippen molar-refractivity contribution in [2.75, 3.05) is 0 Å². The highest BCUT2D eigenvalue weighted by Gasteiger charge is 2.22. The lowest BCUT2D eigenvalue weighted by molar-refractivity contribution is 0.681. The summed E-state index contributed by atoms with van der Waals surface area (Å²) in [6, 6.07) is 2.66. The highest BCUT2D eigenvalue weighted by molar-refractivity contribution is 7.15. The zero-order valence-corrected chi connectivity index (χ0v) is 13.0. The topological polar surface area (TPSA) is 50.7 Å². The van der Waals surface area contributed by atoms with E-state index in [0.717, 1.165) is 29.1 Å². The number of hydrogen-bond donors (Lipinski definition) is 1. The number of aryl methyl sites for hydroxylation is 1. The summed E-state index contributed by atoms with van der Waals surface area (Å²) in [7, 11) is 0. The van der Waals surface area contributed by atoms with Crippen LogP contribution in [0.2, 0.25) is 0 Å². The molecule has 0 radical (unpaired) electrons. The normalized spacial score (nSPS) is 15.0. The lowest BCUT2D eigenvalue weighted by Crippen LogP contribution is -2.15. The van der Waals surface area contributed by atoms with Crippen molar-refractivity contribution in [2.45, 2.75) is 52.1 Å². The third kappa shape index (κ3) is 3.04. The van der Waals surface area contributed by atoms with Crippen molar-refractivity contribution < 1.29 is 0 Å². The Bertz CT molecular complexity index is 602. The Morgan fingerprint density at radius 1 is 1.35 bits per heavy atom. The fourth-order valence-electron chi connectivity index (χ4n) is 2.15. The molecule has 1 aliphatic rings. The fourth-order valence-corrected chi connectivity index (χ4v) is 3.29. The van der Waals surface area contributed by atoms with Crippen molar-refractivity contribution in [1.29, 1.82) is 0 Å². The van der Waals surface area contributed by atoms with E-state index < -0.39 is 0 Å². The first kappa shape index (κ1) is 13.6. The third-order valence-electron chi connectivity index (χ3n) is 3.40. The highest BCUT2D eigenvalue weighted by atomic mass is 32.1. The molecule has 0 spiro atoms. The number of nitrogens with one attached hydrogen (secondary N) is 1. The molecule has 2 aromatic rings. The second-order valence-electron chi connectivity index (χ2n) is 5.63. The number of hydrogen-bond acceptors (Lipinski definition) is 5. The van der Waals surface area contributed by atoms with Gasteiger partial charge in [-0.05, 0) is 31.7 Å². The van der Waals surface area contributed by atoms with Gasteiger partial charge in [-0.1, -0.05) is 13.8 Å². The number of thiazole rings is 1. The van der Waals surface area contributed by atoms with Gasteiger partial charge in [-0.2, -0.15) is 0 Å². The van der Waals surface area contributed by atoms with Gasteiger partial charge in [-0.15, -0.1) is 11.3 Å². The van der Waals surface area contributed by atoms with Gasteiger partial charge in [-0.3, -0.25) is 0 Å². The predicted molar refractivity (Wildman–Crippen MR) is 81.8 cm³/mol. The number of rotatable bonds is 5. The molecule has 1 N–H and O–H groups in total. The zero-order valence-electron chi connectivity index (χ0n) is 12.2. The Morgan fingerprint density at radius 2 is 2.15 bits per heavy atom.